The molecular weight excluding hydrogens is 653 g/mol. The standard InChI is InChI=1S/C34H44ClF3N4O6/c1-32(2,3)16-22(43)14-24(33(4,5)6)30(46)42-18-23(47-27-11-10-21(35)17-39-27)15-25(42)26(44)13-20(12-19-8-7-9-19)28(45)29-40-31(48-41-29)34(36,37)38/h10-11,17,19-20,23-25H,7-9,12-16,18H2,1-6H3/t20?,23-,24-,25+/m1/s1. The summed E-state index contributed by atoms with van der Waals surface area (Å²) in [5.74, 6) is -5.48. The van der Waals surface area contributed by atoms with E-state index in [4.69, 9.17) is 16.3 Å². The molecule has 0 spiro atoms. The number of pyridine rings is 1. The zero-order valence-corrected chi connectivity index (χ0v) is 29.0. The number of alkyl halides is 3. The number of halogens is 4. The van der Waals surface area contributed by atoms with Crippen LogP contribution in [0.15, 0.2) is 22.9 Å². The van der Waals surface area contributed by atoms with Crippen LogP contribution in [0.5, 0.6) is 5.88 Å². The van der Waals surface area contributed by atoms with Gasteiger partial charge in [-0.25, -0.2) is 4.98 Å². The zero-order valence-electron chi connectivity index (χ0n) is 28.2. The van der Waals surface area contributed by atoms with Gasteiger partial charge in [0.1, 0.15) is 11.9 Å². The maximum absolute atomic E-state index is 14.3. The fraction of sp³-hybridized carbons (Fsp3) is 0.676. The maximum atomic E-state index is 14.3. The number of ether oxygens (including phenoxy) is 1. The minimum atomic E-state index is -4.93. The molecule has 1 unspecified atom stereocenters. The summed E-state index contributed by atoms with van der Waals surface area (Å²) in [4.78, 5) is 64.0. The first-order chi connectivity index (χ1) is 22.2. The van der Waals surface area contributed by atoms with Gasteiger partial charge in [0.15, 0.2) is 5.78 Å². The Morgan fingerprint density at radius 2 is 1.75 bits per heavy atom. The molecule has 0 radical (unpaired) electrons. The first-order valence-corrected chi connectivity index (χ1v) is 16.7. The van der Waals surface area contributed by atoms with Crippen molar-refractivity contribution < 1.29 is 41.6 Å². The molecule has 2 aromatic rings. The van der Waals surface area contributed by atoms with Gasteiger partial charge >= 0.3 is 12.1 Å². The minimum Gasteiger partial charge on any atom is -0.472 e. The lowest BCUT2D eigenvalue weighted by Gasteiger charge is -2.35. The topological polar surface area (TPSA) is 133 Å². The van der Waals surface area contributed by atoms with Crippen LogP contribution in [0.4, 0.5) is 13.2 Å². The summed E-state index contributed by atoms with van der Waals surface area (Å²) in [6, 6.07) is 2.16. The lowest BCUT2D eigenvalue weighted by molar-refractivity contribution is -0.159. The van der Waals surface area contributed by atoms with Gasteiger partial charge in [-0.15, -0.1) is 0 Å². The highest BCUT2D eigenvalue weighted by Crippen LogP contribution is 2.38. The maximum Gasteiger partial charge on any atom is 0.471 e. The summed E-state index contributed by atoms with van der Waals surface area (Å²) >= 11 is 5.97. The Balaban J connectivity index is 1.61. The summed E-state index contributed by atoms with van der Waals surface area (Å²) in [6.07, 6.45) is -1.28. The molecule has 2 aromatic heterocycles. The molecular formula is C34H44ClF3N4O6. The van der Waals surface area contributed by atoms with Gasteiger partial charge in [0.2, 0.25) is 23.4 Å². The van der Waals surface area contributed by atoms with Gasteiger partial charge in [0.25, 0.3) is 0 Å². The predicted octanol–water partition coefficient (Wildman–Crippen LogP) is 7.19. The minimum absolute atomic E-state index is 0.0105. The summed E-state index contributed by atoms with van der Waals surface area (Å²) in [7, 11) is 0. The van der Waals surface area contributed by atoms with E-state index in [1.54, 1.807) is 12.1 Å². The number of rotatable bonds is 13. The van der Waals surface area contributed by atoms with Gasteiger partial charge in [-0.3, -0.25) is 19.2 Å². The second kappa shape index (κ2) is 14.6. The Labute approximate surface area is 283 Å². The molecule has 0 aromatic carbocycles. The molecule has 2 aliphatic rings. The number of carbonyl (C=O) groups excluding carboxylic acids is 4. The lowest BCUT2D eigenvalue weighted by atomic mass is 9.75. The molecule has 0 N–H and O–H groups in total. The summed E-state index contributed by atoms with van der Waals surface area (Å²) in [5, 5.41) is 3.67. The highest BCUT2D eigenvalue weighted by atomic mass is 35.5. The van der Waals surface area contributed by atoms with E-state index in [0.29, 0.717) is 5.02 Å². The Kier molecular flexibility index (Phi) is 11.4. The van der Waals surface area contributed by atoms with Crippen molar-refractivity contribution in [2.45, 2.75) is 111 Å². The number of ketones is 3. The third-order valence-corrected chi connectivity index (χ3v) is 9.18. The molecule has 4 rings (SSSR count). The van der Waals surface area contributed by atoms with Crippen molar-refractivity contribution in [3.05, 3.63) is 35.1 Å². The molecule has 2 fully saturated rings. The molecule has 4 atom stereocenters. The van der Waals surface area contributed by atoms with E-state index >= 15 is 0 Å². The van der Waals surface area contributed by atoms with E-state index in [2.05, 4.69) is 19.6 Å². The number of carbonyl (C=O) groups is 4. The summed E-state index contributed by atoms with van der Waals surface area (Å²) < 4.78 is 49.8. The van der Waals surface area contributed by atoms with Gasteiger partial charge in [0, 0.05) is 49.8 Å². The van der Waals surface area contributed by atoms with E-state index in [0.717, 1.165) is 19.3 Å². The average molecular weight is 697 g/mol. The predicted molar refractivity (Wildman–Crippen MR) is 169 cm³/mol. The van der Waals surface area contributed by atoms with Crippen molar-refractivity contribution in [3.8, 4) is 5.88 Å². The van der Waals surface area contributed by atoms with Gasteiger partial charge < -0.3 is 14.2 Å². The third-order valence-electron chi connectivity index (χ3n) is 8.96. The molecule has 1 saturated heterocycles. The smallest absolute Gasteiger partial charge is 0.471 e. The van der Waals surface area contributed by atoms with Crippen LogP contribution in [0, 0.1) is 28.6 Å². The number of aromatic nitrogens is 3. The molecule has 48 heavy (non-hydrogen) atoms. The molecule has 1 saturated carbocycles. The largest absolute Gasteiger partial charge is 0.472 e. The van der Waals surface area contributed by atoms with Gasteiger partial charge in [-0.1, -0.05) is 77.6 Å². The van der Waals surface area contributed by atoms with E-state index in [9.17, 15) is 32.3 Å². The first kappa shape index (κ1) is 37.5. The van der Waals surface area contributed by atoms with Crippen molar-refractivity contribution in [1.29, 1.82) is 0 Å². The van der Waals surface area contributed by atoms with Crippen LogP contribution in [0.1, 0.15) is 109 Å². The van der Waals surface area contributed by atoms with Crippen LogP contribution in [0.25, 0.3) is 0 Å². The van der Waals surface area contributed by atoms with Crippen LogP contribution in [0.3, 0.4) is 0 Å². The van der Waals surface area contributed by atoms with Crippen LogP contribution < -0.4 is 4.74 Å². The summed E-state index contributed by atoms with van der Waals surface area (Å²) in [5.41, 5.74) is -0.910. The van der Waals surface area contributed by atoms with Crippen LogP contribution >= 0.6 is 11.6 Å². The molecule has 14 heteroatoms. The van der Waals surface area contributed by atoms with Crippen LogP contribution in [-0.4, -0.2) is 62.0 Å². The van der Waals surface area contributed by atoms with Crippen LogP contribution in [-0.2, 0) is 20.6 Å². The first-order valence-electron chi connectivity index (χ1n) is 16.3. The number of amides is 1. The van der Waals surface area contributed by atoms with Crippen molar-refractivity contribution in [1.82, 2.24) is 20.0 Å². The monoisotopic (exact) mass is 696 g/mol. The van der Waals surface area contributed by atoms with Gasteiger partial charge in [-0.2, -0.15) is 18.2 Å². The van der Waals surface area contributed by atoms with Crippen molar-refractivity contribution in [3.63, 3.8) is 0 Å². The highest BCUT2D eigenvalue weighted by molar-refractivity contribution is 6.30. The van der Waals surface area contributed by atoms with Crippen LogP contribution in [0.2, 0.25) is 5.02 Å². The van der Waals surface area contributed by atoms with Crippen molar-refractivity contribution in [2.24, 2.45) is 28.6 Å². The van der Waals surface area contributed by atoms with E-state index in [1.807, 2.05) is 41.5 Å². The van der Waals surface area contributed by atoms with Crippen molar-refractivity contribution >= 4 is 34.9 Å². The number of Topliss-reactive ketones (excluding diaryl/α,β-unsaturated/α-hetero) is 3. The zero-order chi connectivity index (χ0) is 35.6. The van der Waals surface area contributed by atoms with E-state index < -0.39 is 58.9 Å². The molecule has 0 bridgehead atoms. The Hall–Kier alpha value is -3.35. The quantitative estimate of drug-likeness (QED) is 0.200. The fourth-order valence-corrected chi connectivity index (χ4v) is 6.42. The number of hydrogen-bond donors (Lipinski definition) is 0. The second-order valence-corrected chi connectivity index (χ2v) is 15.8. The number of likely N-dealkylation sites (tertiary alicyclic amines) is 1. The third kappa shape index (κ3) is 9.85. The van der Waals surface area contributed by atoms with Gasteiger partial charge in [-0.05, 0) is 29.2 Å². The lowest BCUT2D eigenvalue weighted by Crippen LogP contribution is -2.48. The Morgan fingerprint density at radius 1 is 1.06 bits per heavy atom. The second-order valence-electron chi connectivity index (χ2n) is 15.4. The SMILES string of the molecule is CC(C)(C)CC(=O)C[C@H](C(=O)N1C[C@H](Oc2ccc(Cl)cn2)C[C@H]1C(=O)CC(CC1CCC1)C(=O)c1noc(C(F)(F)F)n1)C(C)(C)C. The molecule has 1 aliphatic heterocycles. The molecule has 1 amide bonds. The van der Waals surface area contributed by atoms with E-state index in [1.165, 1.54) is 11.1 Å². The van der Waals surface area contributed by atoms with Gasteiger partial charge in [0.05, 0.1) is 17.6 Å². The average Bonchev–Trinajstić information content (AvgIpc) is 3.60. The normalized spacial score (nSPS) is 20.2. The Bertz CT molecular complexity index is 1480. The molecule has 264 valence electrons. The molecule has 3 heterocycles. The highest BCUT2D eigenvalue weighted by Gasteiger charge is 2.47. The number of hydrogen-bond acceptors (Lipinski definition) is 9. The molecule has 10 nitrogen and oxygen atoms in total. The van der Waals surface area contributed by atoms with E-state index in [-0.39, 0.29) is 67.6 Å². The van der Waals surface area contributed by atoms with Crippen molar-refractivity contribution in [2.75, 3.05) is 6.54 Å². The fourth-order valence-electron chi connectivity index (χ4n) is 6.30. The summed E-state index contributed by atoms with van der Waals surface area (Å²) in [6.45, 7) is 11.5. The molecule has 1 aliphatic carbocycles. The Morgan fingerprint density at radius 3 is 2.27 bits per heavy atom. The number of nitrogens with zero attached hydrogens (tertiary/aromatic N) is 4.